The molecule has 4 nitrogen and oxygen atoms in total. The highest BCUT2D eigenvalue weighted by Crippen LogP contribution is 2.21. The topological polar surface area (TPSA) is 46.6 Å². The van der Waals surface area contributed by atoms with Crippen molar-refractivity contribution in [3.05, 3.63) is 48.6 Å². The zero-order chi connectivity index (χ0) is 12.3. The van der Waals surface area contributed by atoms with Gasteiger partial charge < -0.3 is 4.74 Å². The van der Waals surface area contributed by atoms with Crippen LogP contribution in [0.3, 0.4) is 0 Å². The van der Waals surface area contributed by atoms with Crippen LogP contribution >= 0.6 is 0 Å². The van der Waals surface area contributed by atoms with Gasteiger partial charge >= 0.3 is 6.09 Å². The summed E-state index contributed by atoms with van der Waals surface area (Å²) in [4.78, 5) is 23.9. The lowest BCUT2D eigenvalue weighted by Gasteiger charge is -2.35. The van der Waals surface area contributed by atoms with Crippen LogP contribution in [0, 0.1) is 0 Å². The standard InChI is InChI=1S/C13H13NO3/c1-2-11-8-12(15)14(11)13(16)17-9-10-6-4-3-5-7-10/h2-7,11H,1,8-9H2. The Kier molecular flexibility index (Phi) is 3.23. The number of ether oxygens (including phenoxy) is 1. The molecule has 1 aliphatic rings. The molecular formula is C13H13NO3. The van der Waals surface area contributed by atoms with E-state index >= 15 is 0 Å². The van der Waals surface area contributed by atoms with E-state index in [1.807, 2.05) is 30.3 Å². The summed E-state index contributed by atoms with van der Waals surface area (Å²) < 4.78 is 5.05. The lowest BCUT2D eigenvalue weighted by Crippen LogP contribution is -2.54. The summed E-state index contributed by atoms with van der Waals surface area (Å²) in [5.74, 6) is -0.215. The van der Waals surface area contributed by atoms with Gasteiger partial charge in [0.15, 0.2) is 0 Å². The van der Waals surface area contributed by atoms with Gasteiger partial charge in [-0.1, -0.05) is 36.4 Å². The van der Waals surface area contributed by atoms with E-state index < -0.39 is 6.09 Å². The predicted octanol–water partition coefficient (Wildman–Crippen LogP) is 2.11. The first-order chi connectivity index (χ1) is 8.22. The van der Waals surface area contributed by atoms with Gasteiger partial charge in [0, 0.05) is 0 Å². The quantitative estimate of drug-likeness (QED) is 0.591. The summed E-state index contributed by atoms with van der Waals surface area (Å²) in [7, 11) is 0. The summed E-state index contributed by atoms with van der Waals surface area (Å²) in [5, 5.41) is 0. The van der Waals surface area contributed by atoms with Crippen LogP contribution in [0.25, 0.3) is 0 Å². The van der Waals surface area contributed by atoms with Gasteiger partial charge in [0.25, 0.3) is 0 Å². The molecule has 0 bridgehead atoms. The van der Waals surface area contributed by atoms with Crippen LogP contribution in [0.15, 0.2) is 43.0 Å². The van der Waals surface area contributed by atoms with Crippen LogP contribution in [0.5, 0.6) is 0 Å². The molecule has 1 atom stereocenters. The fourth-order valence-electron chi connectivity index (χ4n) is 1.66. The number of benzene rings is 1. The zero-order valence-electron chi connectivity index (χ0n) is 9.33. The lowest BCUT2D eigenvalue weighted by atomic mass is 10.0. The second-order valence-electron chi connectivity index (χ2n) is 3.81. The van der Waals surface area contributed by atoms with Crippen LogP contribution < -0.4 is 0 Å². The van der Waals surface area contributed by atoms with E-state index in [0.717, 1.165) is 10.5 Å². The Bertz CT molecular complexity index is 441. The Morgan fingerprint density at radius 3 is 2.76 bits per heavy atom. The van der Waals surface area contributed by atoms with E-state index in [0.29, 0.717) is 6.42 Å². The fourth-order valence-corrected chi connectivity index (χ4v) is 1.66. The minimum atomic E-state index is -0.602. The maximum atomic E-state index is 11.6. The lowest BCUT2D eigenvalue weighted by molar-refractivity contribution is -0.140. The van der Waals surface area contributed by atoms with Gasteiger partial charge in [-0.05, 0) is 5.56 Å². The number of carbonyl (C=O) groups is 2. The number of imide groups is 1. The molecular weight excluding hydrogens is 218 g/mol. The molecule has 17 heavy (non-hydrogen) atoms. The van der Waals surface area contributed by atoms with E-state index in [2.05, 4.69) is 6.58 Å². The Morgan fingerprint density at radius 2 is 2.18 bits per heavy atom. The molecule has 1 saturated heterocycles. The van der Waals surface area contributed by atoms with Crippen LogP contribution in [0.1, 0.15) is 12.0 Å². The van der Waals surface area contributed by atoms with Crippen LogP contribution in [0.2, 0.25) is 0 Å². The largest absolute Gasteiger partial charge is 0.444 e. The molecule has 1 aromatic carbocycles. The molecule has 1 fully saturated rings. The summed E-state index contributed by atoms with van der Waals surface area (Å²) in [6.45, 7) is 3.74. The van der Waals surface area contributed by atoms with Crippen LogP contribution in [-0.2, 0) is 16.1 Å². The molecule has 1 aliphatic heterocycles. The van der Waals surface area contributed by atoms with Gasteiger partial charge in [-0.2, -0.15) is 0 Å². The third-order valence-electron chi connectivity index (χ3n) is 2.66. The molecule has 88 valence electrons. The van der Waals surface area contributed by atoms with Crippen molar-refractivity contribution < 1.29 is 14.3 Å². The van der Waals surface area contributed by atoms with Crippen LogP contribution in [0.4, 0.5) is 4.79 Å². The van der Waals surface area contributed by atoms with Gasteiger partial charge in [-0.3, -0.25) is 4.79 Å². The third-order valence-corrected chi connectivity index (χ3v) is 2.66. The Hall–Kier alpha value is -2.10. The van der Waals surface area contributed by atoms with Crippen LogP contribution in [-0.4, -0.2) is 22.9 Å². The van der Waals surface area contributed by atoms with E-state index in [9.17, 15) is 9.59 Å². The smallest absolute Gasteiger partial charge is 0.417 e. The first kappa shape index (κ1) is 11.4. The van der Waals surface area contributed by atoms with Gasteiger partial charge in [0.05, 0.1) is 12.5 Å². The van der Waals surface area contributed by atoms with Crippen molar-refractivity contribution in [2.24, 2.45) is 0 Å². The number of hydrogen-bond donors (Lipinski definition) is 0. The molecule has 0 spiro atoms. The Balaban J connectivity index is 1.89. The highest BCUT2D eigenvalue weighted by molar-refractivity contribution is 5.98. The first-order valence-corrected chi connectivity index (χ1v) is 5.37. The fraction of sp³-hybridized carbons (Fsp3) is 0.231. The summed E-state index contributed by atoms with van der Waals surface area (Å²) in [6.07, 6.45) is 1.31. The highest BCUT2D eigenvalue weighted by atomic mass is 16.6. The Labute approximate surface area is 99.5 Å². The third kappa shape index (κ3) is 2.36. The SMILES string of the molecule is C=CC1CC(=O)N1C(=O)OCc1ccccc1. The summed E-state index contributed by atoms with van der Waals surface area (Å²) in [5.41, 5.74) is 0.893. The van der Waals surface area contributed by atoms with Crippen molar-refractivity contribution >= 4 is 12.0 Å². The molecule has 4 heteroatoms. The van der Waals surface area contributed by atoms with Gasteiger partial charge in [0.1, 0.15) is 6.61 Å². The maximum Gasteiger partial charge on any atom is 0.417 e. The van der Waals surface area contributed by atoms with E-state index in [-0.39, 0.29) is 18.6 Å². The second kappa shape index (κ2) is 4.82. The van der Waals surface area contributed by atoms with E-state index in [4.69, 9.17) is 4.74 Å². The maximum absolute atomic E-state index is 11.6. The van der Waals surface area contributed by atoms with Crippen molar-refractivity contribution in [2.45, 2.75) is 19.1 Å². The average molecular weight is 231 g/mol. The number of likely N-dealkylation sites (tertiary alicyclic amines) is 1. The van der Waals surface area contributed by atoms with E-state index in [1.165, 1.54) is 0 Å². The molecule has 1 heterocycles. The van der Waals surface area contributed by atoms with Crippen molar-refractivity contribution in [2.75, 3.05) is 0 Å². The number of carbonyl (C=O) groups excluding carboxylic acids is 2. The Morgan fingerprint density at radius 1 is 1.47 bits per heavy atom. The molecule has 1 unspecified atom stereocenters. The number of amides is 2. The monoisotopic (exact) mass is 231 g/mol. The average Bonchev–Trinajstić information content (AvgIpc) is 2.34. The van der Waals surface area contributed by atoms with Crippen molar-refractivity contribution in [1.29, 1.82) is 0 Å². The molecule has 2 amide bonds. The minimum Gasteiger partial charge on any atom is -0.444 e. The molecule has 2 rings (SSSR count). The minimum absolute atomic E-state index is 0.174. The number of nitrogens with zero attached hydrogens (tertiary/aromatic N) is 1. The van der Waals surface area contributed by atoms with Gasteiger partial charge in [0.2, 0.25) is 5.91 Å². The number of hydrogen-bond acceptors (Lipinski definition) is 3. The summed E-state index contributed by atoms with van der Waals surface area (Å²) >= 11 is 0. The molecule has 0 N–H and O–H groups in total. The molecule has 0 radical (unpaired) electrons. The van der Waals surface area contributed by atoms with Crippen molar-refractivity contribution in [1.82, 2.24) is 4.90 Å². The normalized spacial score (nSPS) is 18.5. The molecule has 1 aromatic rings. The molecule has 0 aromatic heterocycles. The first-order valence-electron chi connectivity index (χ1n) is 5.37. The highest BCUT2D eigenvalue weighted by Gasteiger charge is 2.39. The number of β-lactam (4-membered cyclic amide) rings is 1. The van der Waals surface area contributed by atoms with Gasteiger partial charge in [-0.15, -0.1) is 6.58 Å². The van der Waals surface area contributed by atoms with E-state index in [1.54, 1.807) is 6.08 Å². The zero-order valence-corrected chi connectivity index (χ0v) is 9.33. The molecule has 0 saturated carbocycles. The molecule has 0 aliphatic carbocycles. The number of rotatable bonds is 3. The second-order valence-corrected chi connectivity index (χ2v) is 3.81. The summed E-state index contributed by atoms with van der Waals surface area (Å²) in [6, 6.07) is 9.12. The van der Waals surface area contributed by atoms with Gasteiger partial charge in [-0.25, -0.2) is 9.69 Å². The predicted molar refractivity (Wildman–Crippen MR) is 62.1 cm³/mol. The van der Waals surface area contributed by atoms with Crippen molar-refractivity contribution in [3.63, 3.8) is 0 Å². The van der Waals surface area contributed by atoms with Crippen molar-refractivity contribution in [3.8, 4) is 0 Å².